The van der Waals surface area contributed by atoms with Gasteiger partial charge in [-0.2, -0.15) is 0 Å². The van der Waals surface area contributed by atoms with Crippen LogP contribution in [-0.2, 0) is 0 Å². The standard InChI is InChI=1S/C13H19ClN2O.2ClH/c14-13-4-3-12(17-13)11(9-10-1-2-10)16-7-5-15-6-8-16;;/h3-4,10-11,15H,1-2,5-9H2;2*1H/t11-;;/m1../s1. The highest BCUT2D eigenvalue weighted by atomic mass is 35.5. The lowest BCUT2D eigenvalue weighted by molar-refractivity contribution is 0.142. The SMILES string of the molecule is Cl.Cl.Clc1ccc([C@@H](CC2CC2)N2CCNCC2)o1. The van der Waals surface area contributed by atoms with Crippen molar-refractivity contribution in [2.45, 2.75) is 25.3 Å². The molecule has 0 unspecified atom stereocenters. The highest BCUT2D eigenvalue weighted by Crippen LogP contribution is 2.40. The third-order valence-electron chi connectivity index (χ3n) is 3.77. The Morgan fingerprint density at radius 3 is 2.47 bits per heavy atom. The third-order valence-corrected chi connectivity index (χ3v) is 3.97. The van der Waals surface area contributed by atoms with E-state index >= 15 is 0 Å². The molecule has 19 heavy (non-hydrogen) atoms. The summed E-state index contributed by atoms with van der Waals surface area (Å²) in [5, 5.41) is 3.91. The first kappa shape index (κ1) is 17.1. The molecule has 1 N–H and O–H groups in total. The van der Waals surface area contributed by atoms with E-state index in [1.807, 2.05) is 12.1 Å². The molecule has 0 aromatic carbocycles. The van der Waals surface area contributed by atoms with E-state index < -0.39 is 0 Å². The van der Waals surface area contributed by atoms with Crippen LogP contribution in [0.4, 0.5) is 0 Å². The second kappa shape index (κ2) is 7.75. The molecule has 0 bridgehead atoms. The third kappa shape index (κ3) is 4.54. The second-order valence-corrected chi connectivity index (χ2v) is 5.50. The highest BCUT2D eigenvalue weighted by Gasteiger charge is 2.32. The number of furan rings is 1. The van der Waals surface area contributed by atoms with Gasteiger partial charge in [0.2, 0.25) is 0 Å². The van der Waals surface area contributed by atoms with Crippen LogP contribution in [0.5, 0.6) is 0 Å². The van der Waals surface area contributed by atoms with E-state index in [2.05, 4.69) is 10.2 Å². The van der Waals surface area contributed by atoms with Gasteiger partial charge in [-0.05, 0) is 36.1 Å². The molecule has 1 atom stereocenters. The molecule has 1 aliphatic carbocycles. The van der Waals surface area contributed by atoms with E-state index in [1.54, 1.807) is 0 Å². The van der Waals surface area contributed by atoms with Gasteiger partial charge in [0.05, 0.1) is 6.04 Å². The van der Waals surface area contributed by atoms with Crippen LogP contribution in [-0.4, -0.2) is 31.1 Å². The highest BCUT2D eigenvalue weighted by molar-refractivity contribution is 6.28. The van der Waals surface area contributed by atoms with E-state index in [1.165, 1.54) is 19.3 Å². The summed E-state index contributed by atoms with van der Waals surface area (Å²) in [6.07, 6.45) is 4.00. The van der Waals surface area contributed by atoms with Gasteiger partial charge in [0.1, 0.15) is 5.76 Å². The number of piperazine rings is 1. The lowest BCUT2D eigenvalue weighted by atomic mass is 10.1. The van der Waals surface area contributed by atoms with E-state index in [0.717, 1.165) is 37.9 Å². The van der Waals surface area contributed by atoms with Crippen molar-refractivity contribution in [2.24, 2.45) is 5.92 Å². The summed E-state index contributed by atoms with van der Waals surface area (Å²) in [5.41, 5.74) is 0. The summed E-state index contributed by atoms with van der Waals surface area (Å²) in [4.78, 5) is 2.53. The van der Waals surface area contributed by atoms with E-state index in [-0.39, 0.29) is 24.8 Å². The van der Waals surface area contributed by atoms with Crippen LogP contribution >= 0.6 is 36.4 Å². The molecule has 2 heterocycles. The molecule has 0 spiro atoms. The van der Waals surface area contributed by atoms with Crippen LogP contribution in [0.1, 0.15) is 31.1 Å². The maximum Gasteiger partial charge on any atom is 0.193 e. The maximum atomic E-state index is 5.90. The van der Waals surface area contributed by atoms with Crippen molar-refractivity contribution in [3.05, 3.63) is 23.1 Å². The first-order chi connectivity index (χ1) is 8.33. The average molecular weight is 328 g/mol. The minimum absolute atomic E-state index is 0. The first-order valence-corrected chi connectivity index (χ1v) is 6.91. The van der Waals surface area contributed by atoms with Crippen molar-refractivity contribution in [1.82, 2.24) is 10.2 Å². The molecule has 0 radical (unpaired) electrons. The summed E-state index contributed by atoms with van der Waals surface area (Å²) in [6.45, 7) is 4.37. The van der Waals surface area contributed by atoms with E-state index in [9.17, 15) is 0 Å². The van der Waals surface area contributed by atoms with Crippen LogP contribution in [0.25, 0.3) is 0 Å². The van der Waals surface area contributed by atoms with Gasteiger partial charge in [-0.25, -0.2) is 0 Å². The molecule has 3 rings (SSSR count). The Hall–Kier alpha value is 0.0700. The molecule has 1 saturated carbocycles. The van der Waals surface area contributed by atoms with E-state index in [0.29, 0.717) is 11.3 Å². The molecule has 1 saturated heterocycles. The fourth-order valence-electron chi connectivity index (χ4n) is 2.62. The summed E-state index contributed by atoms with van der Waals surface area (Å²) in [6, 6.07) is 4.33. The number of rotatable bonds is 4. The van der Waals surface area contributed by atoms with Gasteiger partial charge in [0.25, 0.3) is 0 Å². The van der Waals surface area contributed by atoms with Crippen molar-refractivity contribution in [3.8, 4) is 0 Å². The van der Waals surface area contributed by atoms with Crippen LogP contribution in [0.2, 0.25) is 5.22 Å². The second-order valence-electron chi connectivity index (χ2n) is 5.12. The van der Waals surface area contributed by atoms with Gasteiger partial charge in [-0.15, -0.1) is 24.8 Å². The smallest absolute Gasteiger partial charge is 0.193 e. The molecule has 1 aromatic rings. The molecular formula is C13H21Cl3N2O. The molecule has 1 aliphatic heterocycles. The zero-order valence-electron chi connectivity index (χ0n) is 10.8. The number of hydrogen-bond donors (Lipinski definition) is 1. The lowest BCUT2D eigenvalue weighted by Gasteiger charge is -2.33. The number of nitrogens with one attached hydrogen (secondary N) is 1. The fraction of sp³-hybridized carbons (Fsp3) is 0.692. The average Bonchev–Trinajstić information content (AvgIpc) is 3.08. The van der Waals surface area contributed by atoms with Gasteiger partial charge >= 0.3 is 0 Å². The van der Waals surface area contributed by atoms with Crippen LogP contribution in [0, 0.1) is 5.92 Å². The molecule has 2 aliphatic rings. The molecule has 2 fully saturated rings. The largest absolute Gasteiger partial charge is 0.448 e. The van der Waals surface area contributed by atoms with Gasteiger partial charge in [-0.1, -0.05) is 12.8 Å². The van der Waals surface area contributed by atoms with E-state index in [4.69, 9.17) is 16.0 Å². The van der Waals surface area contributed by atoms with Gasteiger partial charge in [0, 0.05) is 26.2 Å². The van der Waals surface area contributed by atoms with Gasteiger partial charge in [0.15, 0.2) is 5.22 Å². The maximum absolute atomic E-state index is 5.90. The summed E-state index contributed by atoms with van der Waals surface area (Å²) in [7, 11) is 0. The number of hydrogen-bond acceptors (Lipinski definition) is 3. The summed E-state index contributed by atoms with van der Waals surface area (Å²) < 4.78 is 5.63. The summed E-state index contributed by atoms with van der Waals surface area (Å²) >= 11 is 5.90. The van der Waals surface area contributed by atoms with Gasteiger partial charge < -0.3 is 9.73 Å². The Balaban J connectivity index is 0.000000902. The first-order valence-electron chi connectivity index (χ1n) is 6.53. The Bertz CT molecular complexity index is 376. The Labute approximate surface area is 131 Å². The fourth-order valence-corrected chi connectivity index (χ4v) is 2.77. The minimum Gasteiger partial charge on any atom is -0.448 e. The van der Waals surface area contributed by atoms with Crippen molar-refractivity contribution in [1.29, 1.82) is 0 Å². The Morgan fingerprint density at radius 1 is 1.26 bits per heavy atom. The Kier molecular flexibility index (Phi) is 6.98. The molecule has 3 nitrogen and oxygen atoms in total. The van der Waals surface area contributed by atoms with Crippen molar-refractivity contribution < 1.29 is 4.42 Å². The van der Waals surface area contributed by atoms with Crippen molar-refractivity contribution in [3.63, 3.8) is 0 Å². The van der Waals surface area contributed by atoms with Crippen LogP contribution in [0.15, 0.2) is 16.5 Å². The number of halogens is 3. The van der Waals surface area contributed by atoms with Crippen molar-refractivity contribution in [2.75, 3.05) is 26.2 Å². The lowest BCUT2D eigenvalue weighted by Crippen LogP contribution is -2.45. The molecule has 0 amide bonds. The number of nitrogens with zero attached hydrogens (tertiary/aromatic N) is 1. The Morgan fingerprint density at radius 2 is 1.95 bits per heavy atom. The quantitative estimate of drug-likeness (QED) is 0.917. The monoisotopic (exact) mass is 326 g/mol. The zero-order chi connectivity index (χ0) is 11.7. The topological polar surface area (TPSA) is 28.4 Å². The van der Waals surface area contributed by atoms with Crippen LogP contribution < -0.4 is 5.32 Å². The summed E-state index contributed by atoms with van der Waals surface area (Å²) in [5.74, 6) is 1.95. The predicted octanol–water partition coefficient (Wildman–Crippen LogP) is 3.52. The zero-order valence-corrected chi connectivity index (χ0v) is 13.2. The molecular weight excluding hydrogens is 307 g/mol. The van der Waals surface area contributed by atoms with Crippen molar-refractivity contribution >= 4 is 36.4 Å². The molecule has 6 heteroatoms. The van der Waals surface area contributed by atoms with Crippen LogP contribution in [0.3, 0.4) is 0 Å². The minimum atomic E-state index is 0. The predicted molar refractivity (Wildman–Crippen MR) is 82.7 cm³/mol. The normalized spacial score (nSPS) is 21.3. The molecule has 110 valence electrons. The van der Waals surface area contributed by atoms with Gasteiger partial charge in [-0.3, -0.25) is 4.90 Å². The molecule has 1 aromatic heterocycles.